The summed E-state index contributed by atoms with van der Waals surface area (Å²) in [5.41, 5.74) is 1.13. The molecule has 0 spiro atoms. The zero-order chi connectivity index (χ0) is 29.8. The number of benzene rings is 3. The molecular weight excluding hydrogens is 559 g/mol. The average Bonchev–Trinajstić information content (AvgIpc) is 3.42. The third-order valence-corrected chi connectivity index (χ3v) is 12.3. The van der Waals surface area contributed by atoms with Crippen molar-refractivity contribution in [3.8, 4) is 0 Å². The second-order valence-corrected chi connectivity index (χ2v) is 15.5. The van der Waals surface area contributed by atoms with Crippen LogP contribution in [0, 0.1) is 23.2 Å². The maximum Gasteiger partial charge on any atom is 0.481 e. The second kappa shape index (κ2) is 11.3. The molecule has 3 aromatic rings. The molecule has 5 aliphatic rings. The number of carbonyl (C=O) groups excluding carboxylic acids is 1. The summed E-state index contributed by atoms with van der Waals surface area (Å²) in [5, 5.41) is 5.01. The SMILES string of the molecule is CC1(C)C2CC3OB(C(CC4CCC4)NC(=O)C(Cc4ccccc4)NS(=O)(=O)c4ccc5ccccc5c4)OC3C1C2. The highest BCUT2D eigenvalue weighted by atomic mass is 32.2. The van der Waals surface area contributed by atoms with Crippen LogP contribution in [0.15, 0.2) is 77.7 Å². The standard InChI is InChI=1S/C34H41BN2O5S/c1-34(2)26-20-28(34)32-30(21-26)41-35(42-32)31(18-23-11-8-12-23)36-33(38)29(17-22-9-4-3-5-10-22)37-43(39,40)27-16-15-24-13-6-7-14-25(24)19-27/h3-7,9-10,13-16,19,23,26,28-32,37H,8,11-12,17-18,20-21H2,1-2H3,(H,36,38). The lowest BCUT2D eigenvalue weighted by Gasteiger charge is -2.60. The molecule has 0 aromatic heterocycles. The molecule has 7 nitrogen and oxygen atoms in total. The predicted molar refractivity (Wildman–Crippen MR) is 168 cm³/mol. The Balaban J connectivity index is 1.12. The lowest BCUT2D eigenvalue weighted by molar-refractivity contribution is -0.150. The number of fused-ring (bicyclic) bond motifs is 1. The van der Waals surface area contributed by atoms with Crippen LogP contribution in [-0.2, 0) is 30.5 Å². The molecule has 6 atom stereocenters. The fourth-order valence-corrected chi connectivity index (χ4v) is 9.02. The van der Waals surface area contributed by atoms with Gasteiger partial charge in [-0.05, 0) is 77.3 Å². The number of amides is 1. The molecule has 4 aliphatic carbocycles. The van der Waals surface area contributed by atoms with E-state index in [4.69, 9.17) is 9.31 Å². The molecule has 1 aliphatic heterocycles. The quantitative estimate of drug-likeness (QED) is 0.309. The molecule has 3 aromatic carbocycles. The van der Waals surface area contributed by atoms with E-state index in [0.29, 0.717) is 17.8 Å². The fourth-order valence-electron chi connectivity index (χ4n) is 7.79. The second-order valence-electron chi connectivity index (χ2n) is 13.8. The van der Waals surface area contributed by atoms with Crippen molar-refractivity contribution in [3.05, 3.63) is 78.4 Å². The van der Waals surface area contributed by atoms with E-state index >= 15 is 0 Å². The van der Waals surface area contributed by atoms with E-state index in [-0.39, 0.29) is 40.8 Å². The van der Waals surface area contributed by atoms with Crippen molar-refractivity contribution < 1.29 is 22.5 Å². The van der Waals surface area contributed by atoms with Crippen molar-refractivity contribution >= 4 is 33.8 Å². The van der Waals surface area contributed by atoms with Gasteiger partial charge < -0.3 is 14.6 Å². The third-order valence-electron chi connectivity index (χ3n) is 10.8. The first-order chi connectivity index (χ1) is 20.7. The largest absolute Gasteiger partial charge is 0.481 e. The lowest BCUT2D eigenvalue weighted by Crippen LogP contribution is -2.59. The van der Waals surface area contributed by atoms with Gasteiger partial charge in [0.1, 0.15) is 6.04 Å². The van der Waals surface area contributed by atoms with Gasteiger partial charge in [0.05, 0.1) is 23.0 Å². The summed E-state index contributed by atoms with van der Waals surface area (Å²) in [6.07, 6.45) is 6.75. The van der Waals surface area contributed by atoms with Crippen molar-refractivity contribution in [1.29, 1.82) is 0 Å². The predicted octanol–water partition coefficient (Wildman–Crippen LogP) is 5.28. The highest BCUT2D eigenvalue weighted by Crippen LogP contribution is 2.61. The number of hydrogen-bond acceptors (Lipinski definition) is 5. The minimum absolute atomic E-state index is 0.0531. The molecule has 4 saturated carbocycles. The zero-order valence-electron chi connectivity index (χ0n) is 24.9. The van der Waals surface area contributed by atoms with Gasteiger partial charge in [-0.25, -0.2) is 8.42 Å². The number of carbonyl (C=O) groups is 1. The first-order valence-corrected chi connectivity index (χ1v) is 17.3. The van der Waals surface area contributed by atoms with Gasteiger partial charge in [0.15, 0.2) is 0 Å². The molecule has 2 N–H and O–H groups in total. The molecule has 9 heteroatoms. The van der Waals surface area contributed by atoms with Gasteiger partial charge in [-0.3, -0.25) is 4.79 Å². The van der Waals surface area contributed by atoms with E-state index in [1.165, 1.54) is 12.8 Å². The Labute approximate surface area is 255 Å². The van der Waals surface area contributed by atoms with Gasteiger partial charge in [-0.15, -0.1) is 0 Å². The van der Waals surface area contributed by atoms with Crippen molar-refractivity contribution in [2.45, 2.75) is 87.9 Å². The van der Waals surface area contributed by atoms with Crippen LogP contribution in [0.3, 0.4) is 0 Å². The molecule has 226 valence electrons. The number of rotatable bonds is 10. The van der Waals surface area contributed by atoms with Gasteiger partial charge >= 0.3 is 7.12 Å². The molecule has 43 heavy (non-hydrogen) atoms. The summed E-state index contributed by atoms with van der Waals surface area (Å²) in [7, 11) is -4.52. The van der Waals surface area contributed by atoms with Crippen LogP contribution in [-0.4, -0.2) is 45.6 Å². The fraction of sp³-hybridized carbons (Fsp3) is 0.500. The number of sulfonamides is 1. The Bertz CT molecular complexity index is 1590. The molecule has 5 fully saturated rings. The maximum atomic E-state index is 14.1. The van der Waals surface area contributed by atoms with Crippen LogP contribution in [0.2, 0.25) is 0 Å². The van der Waals surface area contributed by atoms with E-state index in [9.17, 15) is 13.2 Å². The summed E-state index contributed by atoms with van der Waals surface area (Å²) >= 11 is 0. The van der Waals surface area contributed by atoms with Crippen LogP contribution < -0.4 is 10.0 Å². The molecule has 1 heterocycles. The molecule has 0 radical (unpaired) electrons. The molecule has 2 bridgehead atoms. The van der Waals surface area contributed by atoms with Crippen molar-refractivity contribution in [1.82, 2.24) is 10.0 Å². The van der Waals surface area contributed by atoms with Gasteiger partial charge in [0.2, 0.25) is 15.9 Å². The summed E-state index contributed by atoms with van der Waals surface area (Å²) < 4.78 is 43.3. The Kier molecular flexibility index (Phi) is 7.65. The Morgan fingerprint density at radius 1 is 0.977 bits per heavy atom. The molecule has 1 saturated heterocycles. The van der Waals surface area contributed by atoms with Crippen LogP contribution >= 0.6 is 0 Å². The lowest BCUT2D eigenvalue weighted by atomic mass is 9.47. The van der Waals surface area contributed by atoms with E-state index in [2.05, 4.69) is 23.9 Å². The Hall–Kier alpha value is -2.72. The van der Waals surface area contributed by atoms with Crippen molar-refractivity contribution in [2.24, 2.45) is 23.2 Å². The summed E-state index contributed by atoms with van der Waals surface area (Å²) in [6.45, 7) is 4.67. The Morgan fingerprint density at radius 2 is 1.72 bits per heavy atom. The smallest absolute Gasteiger partial charge is 0.404 e. The molecule has 6 unspecified atom stereocenters. The maximum absolute atomic E-state index is 14.1. The first-order valence-electron chi connectivity index (χ1n) is 15.8. The van der Waals surface area contributed by atoms with Crippen LogP contribution in [0.4, 0.5) is 0 Å². The van der Waals surface area contributed by atoms with E-state index in [1.54, 1.807) is 18.2 Å². The van der Waals surface area contributed by atoms with Crippen molar-refractivity contribution in [3.63, 3.8) is 0 Å². The minimum Gasteiger partial charge on any atom is -0.404 e. The zero-order valence-corrected chi connectivity index (χ0v) is 25.8. The topological polar surface area (TPSA) is 93.7 Å². The van der Waals surface area contributed by atoms with Crippen LogP contribution in [0.5, 0.6) is 0 Å². The Morgan fingerprint density at radius 3 is 2.44 bits per heavy atom. The number of nitrogens with one attached hydrogen (secondary N) is 2. The van der Waals surface area contributed by atoms with Crippen LogP contribution in [0.1, 0.15) is 57.9 Å². The monoisotopic (exact) mass is 600 g/mol. The van der Waals surface area contributed by atoms with E-state index < -0.39 is 23.2 Å². The molecule has 1 amide bonds. The third kappa shape index (κ3) is 5.65. The van der Waals surface area contributed by atoms with E-state index in [1.807, 2.05) is 54.6 Å². The highest BCUT2D eigenvalue weighted by Gasteiger charge is 2.63. The normalized spacial score (nSPS) is 27.5. The summed E-state index contributed by atoms with van der Waals surface area (Å²) in [4.78, 5) is 14.2. The minimum atomic E-state index is -3.99. The summed E-state index contributed by atoms with van der Waals surface area (Å²) in [6, 6.07) is 21.2. The van der Waals surface area contributed by atoms with E-state index in [0.717, 1.165) is 42.0 Å². The van der Waals surface area contributed by atoms with Crippen LogP contribution in [0.25, 0.3) is 10.8 Å². The van der Waals surface area contributed by atoms with Gasteiger partial charge in [-0.1, -0.05) is 93.8 Å². The van der Waals surface area contributed by atoms with Gasteiger partial charge in [-0.2, -0.15) is 4.72 Å². The molecular formula is C34H41BN2O5S. The van der Waals surface area contributed by atoms with Crippen molar-refractivity contribution in [2.75, 3.05) is 0 Å². The first kappa shape index (κ1) is 29.0. The number of hydrogen-bond donors (Lipinski definition) is 2. The highest BCUT2D eigenvalue weighted by molar-refractivity contribution is 7.89. The molecule has 8 rings (SSSR count). The average molecular weight is 601 g/mol. The van der Waals surface area contributed by atoms with Gasteiger partial charge in [0.25, 0.3) is 0 Å². The van der Waals surface area contributed by atoms with Gasteiger partial charge in [0, 0.05) is 0 Å². The summed E-state index contributed by atoms with van der Waals surface area (Å²) in [5.74, 6) is 0.935.